The Hall–Kier alpha value is -1.79. The fourth-order valence-electron chi connectivity index (χ4n) is 2.30. The van der Waals surface area contributed by atoms with Crippen LogP contribution in [-0.4, -0.2) is 23.6 Å². The van der Waals surface area contributed by atoms with Gasteiger partial charge >= 0.3 is 0 Å². The van der Waals surface area contributed by atoms with Crippen LogP contribution >= 0.6 is 11.3 Å². The minimum Gasteiger partial charge on any atom is -0.368 e. The van der Waals surface area contributed by atoms with Crippen molar-refractivity contribution in [3.05, 3.63) is 35.0 Å². The van der Waals surface area contributed by atoms with Crippen molar-refractivity contribution in [1.82, 2.24) is 4.98 Å². The molecule has 1 N–H and O–H groups in total. The summed E-state index contributed by atoms with van der Waals surface area (Å²) >= 11 is 1.41. The molecule has 1 fully saturated rings. The van der Waals surface area contributed by atoms with Crippen molar-refractivity contribution in [2.45, 2.75) is 25.9 Å². The first-order chi connectivity index (χ1) is 10.1. The lowest BCUT2D eigenvalue weighted by atomic mass is 10.1. The zero-order valence-corrected chi connectivity index (χ0v) is 12.4. The summed E-state index contributed by atoms with van der Waals surface area (Å²) in [5, 5.41) is 3.34. The molecule has 4 nitrogen and oxygen atoms in total. The van der Waals surface area contributed by atoms with E-state index in [1.165, 1.54) is 23.5 Å². The molecule has 0 unspecified atom stereocenters. The summed E-state index contributed by atoms with van der Waals surface area (Å²) in [5.74, 6) is -0.426. The lowest BCUT2D eigenvalue weighted by molar-refractivity contribution is -0.124. The summed E-state index contributed by atoms with van der Waals surface area (Å²) in [6, 6.07) is 6.17. The van der Waals surface area contributed by atoms with Gasteiger partial charge in [-0.05, 0) is 44.0 Å². The number of benzene rings is 1. The van der Waals surface area contributed by atoms with E-state index in [0.717, 1.165) is 29.0 Å². The number of anilines is 1. The highest BCUT2D eigenvalue weighted by atomic mass is 32.1. The summed E-state index contributed by atoms with van der Waals surface area (Å²) in [6.45, 7) is 2.56. The highest BCUT2D eigenvalue weighted by molar-refractivity contribution is 7.16. The fraction of sp³-hybridized carbons (Fsp3) is 0.333. The van der Waals surface area contributed by atoms with E-state index in [2.05, 4.69) is 10.3 Å². The monoisotopic (exact) mass is 306 g/mol. The van der Waals surface area contributed by atoms with Gasteiger partial charge in [0.1, 0.15) is 11.9 Å². The summed E-state index contributed by atoms with van der Waals surface area (Å²) in [7, 11) is 0. The number of halogens is 1. The predicted molar refractivity (Wildman–Crippen MR) is 79.8 cm³/mol. The molecule has 1 amide bonds. The fourth-order valence-corrected chi connectivity index (χ4v) is 3.13. The van der Waals surface area contributed by atoms with Crippen molar-refractivity contribution < 1.29 is 13.9 Å². The Balaban J connectivity index is 1.77. The average molecular weight is 306 g/mol. The van der Waals surface area contributed by atoms with E-state index in [1.54, 1.807) is 12.1 Å². The first kappa shape index (κ1) is 14.2. The first-order valence-corrected chi connectivity index (χ1v) is 7.61. The second-order valence-corrected chi connectivity index (χ2v) is 6.12. The molecule has 110 valence electrons. The van der Waals surface area contributed by atoms with E-state index >= 15 is 0 Å². The zero-order chi connectivity index (χ0) is 14.8. The van der Waals surface area contributed by atoms with Crippen molar-refractivity contribution in [2.24, 2.45) is 0 Å². The second-order valence-electron chi connectivity index (χ2n) is 4.92. The molecule has 1 aromatic carbocycles. The van der Waals surface area contributed by atoms with Gasteiger partial charge in [0.2, 0.25) is 0 Å². The highest BCUT2D eigenvalue weighted by Gasteiger charge is 2.24. The van der Waals surface area contributed by atoms with Crippen LogP contribution in [0.5, 0.6) is 0 Å². The number of carbonyl (C=O) groups is 1. The molecule has 2 heterocycles. The van der Waals surface area contributed by atoms with Gasteiger partial charge in [-0.3, -0.25) is 10.1 Å². The number of nitrogens with zero attached hydrogens (tertiary/aromatic N) is 1. The quantitative estimate of drug-likeness (QED) is 0.946. The van der Waals surface area contributed by atoms with Crippen molar-refractivity contribution in [3.63, 3.8) is 0 Å². The molecule has 0 spiro atoms. The molecule has 3 rings (SSSR count). The molecule has 0 saturated carbocycles. The molecule has 21 heavy (non-hydrogen) atoms. The van der Waals surface area contributed by atoms with Gasteiger partial charge in [-0.2, -0.15) is 0 Å². The van der Waals surface area contributed by atoms with E-state index in [0.29, 0.717) is 11.7 Å². The molecule has 1 aliphatic rings. The van der Waals surface area contributed by atoms with Crippen LogP contribution in [0.15, 0.2) is 24.3 Å². The van der Waals surface area contributed by atoms with Crippen LogP contribution in [-0.2, 0) is 9.53 Å². The largest absolute Gasteiger partial charge is 0.368 e. The lowest BCUT2D eigenvalue weighted by Gasteiger charge is -2.07. The van der Waals surface area contributed by atoms with Crippen molar-refractivity contribution >= 4 is 22.4 Å². The van der Waals surface area contributed by atoms with Crippen LogP contribution in [0.3, 0.4) is 0 Å². The Morgan fingerprint density at radius 3 is 2.86 bits per heavy atom. The molecular formula is C15H15FN2O2S. The number of aromatic nitrogens is 1. The molecule has 1 atom stereocenters. The SMILES string of the molecule is Cc1sc(NC(=O)[C@@H]2CCCO2)nc1-c1ccc(F)cc1. The molecule has 0 bridgehead atoms. The predicted octanol–water partition coefficient (Wildman–Crippen LogP) is 3.38. The van der Waals surface area contributed by atoms with Gasteiger partial charge in [0.15, 0.2) is 5.13 Å². The normalized spacial score (nSPS) is 17.9. The topological polar surface area (TPSA) is 51.2 Å². The number of amides is 1. The highest BCUT2D eigenvalue weighted by Crippen LogP contribution is 2.30. The number of rotatable bonds is 3. The molecule has 1 aliphatic heterocycles. The van der Waals surface area contributed by atoms with E-state index in [9.17, 15) is 9.18 Å². The lowest BCUT2D eigenvalue weighted by Crippen LogP contribution is -2.26. The minimum atomic E-state index is -0.372. The molecule has 0 aliphatic carbocycles. The molecule has 1 saturated heterocycles. The number of thiazole rings is 1. The first-order valence-electron chi connectivity index (χ1n) is 6.79. The van der Waals surface area contributed by atoms with E-state index in [1.807, 2.05) is 6.92 Å². The van der Waals surface area contributed by atoms with Gasteiger partial charge in [-0.1, -0.05) is 0 Å². The van der Waals surface area contributed by atoms with Crippen molar-refractivity contribution in [3.8, 4) is 11.3 Å². The maximum absolute atomic E-state index is 13.0. The average Bonchev–Trinajstić information content (AvgIpc) is 3.10. The van der Waals surface area contributed by atoms with Crippen LogP contribution < -0.4 is 5.32 Å². The van der Waals surface area contributed by atoms with Crippen LogP contribution in [0.1, 0.15) is 17.7 Å². The minimum absolute atomic E-state index is 0.146. The van der Waals surface area contributed by atoms with Crippen LogP contribution in [0.2, 0.25) is 0 Å². The Kier molecular flexibility index (Phi) is 3.98. The maximum atomic E-state index is 13.0. The van der Waals surface area contributed by atoms with Crippen molar-refractivity contribution in [1.29, 1.82) is 0 Å². The third kappa shape index (κ3) is 3.11. The summed E-state index contributed by atoms with van der Waals surface area (Å²) in [4.78, 5) is 17.4. The number of carbonyl (C=O) groups excluding carboxylic acids is 1. The van der Waals surface area contributed by atoms with Gasteiger partial charge in [-0.15, -0.1) is 11.3 Å². The summed E-state index contributed by atoms with van der Waals surface area (Å²) < 4.78 is 18.3. The third-order valence-corrected chi connectivity index (χ3v) is 4.25. The van der Waals surface area contributed by atoms with Gasteiger partial charge in [0.25, 0.3) is 5.91 Å². The van der Waals surface area contributed by atoms with Crippen LogP contribution in [0, 0.1) is 12.7 Å². The van der Waals surface area contributed by atoms with Gasteiger partial charge < -0.3 is 4.74 Å². The Labute approximate surface area is 126 Å². The molecule has 0 radical (unpaired) electrons. The van der Waals surface area contributed by atoms with Gasteiger partial charge in [-0.25, -0.2) is 9.37 Å². The summed E-state index contributed by atoms with van der Waals surface area (Å²) in [5.41, 5.74) is 1.60. The smallest absolute Gasteiger partial charge is 0.255 e. The van der Waals surface area contributed by atoms with E-state index in [-0.39, 0.29) is 17.8 Å². The van der Waals surface area contributed by atoms with E-state index < -0.39 is 0 Å². The third-order valence-electron chi connectivity index (χ3n) is 3.37. The number of hydrogen-bond donors (Lipinski definition) is 1. The number of nitrogens with one attached hydrogen (secondary N) is 1. The van der Waals surface area contributed by atoms with E-state index in [4.69, 9.17) is 4.74 Å². The van der Waals surface area contributed by atoms with Gasteiger partial charge in [0.05, 0.1) is 5.69 Å². The molecule has 2 aromatic rings. The molecular weight excluding hydrogens is 291 g/mol. The Morgan fingerprint density at radius 2 is 2.19 bits per heavy atom. The molecule has 1 aromatic heterocycles. The number of hydrogen-bond acceptors (Lipinski definition) is 4. The zero-order valence-electron chi connectivity index (χ0n) is 11.6. The summed E-state index contributed by atoms with van der Waals surface area (Å²) in [6.07, 6.45) is 1.29. The second kappa shape index (κ2) is 5.91. The van der Waals surface area contributed by atoms with Crippen LogP contribution in [0.25, 0.3) is 11.3 Å². The molecule has 6 heteroatoms. The Morgan fingerprint density at radius 1 is 1.43 bits per heavy atom. The van der Waals surface area contributed by atoms with Crippen LogP contribution in [0.4, 0.5) is 9.52 Å². The number of ether oxygens (including phenoxy) is 1. The Bertz CT molecular complexity index is 648. The number of aryl methyl sites for hydroxylation is 1. The van der Waals surface area contributed by atoms with Gasteiger partial charge in [0, 0.05) is 17.0 Å². The standard InChI is InChI=1S/C15H15FN2O2S/c1-9-13(10-4-6-11(16)7-5-10)17-15(21-9)18-14(19)12-3-2-8-20-12/h4-7,12H,2-3,8H2,1H3,(H,17,18,19)/t12-/m0/s1. The maximum Gasteiger partial charge on any atom is 0.255 e. The van der Waals surface area contributed by atoms with Crippen molar-refractivity contribution in [2.75, 3.05) is 11.9 Å².